The summed E-state index contributed by atoms with van der Waals surface area (Å²) in [5.74, 6) is 1.54. The molecule has 1 fully saturated rings. The van der Waals surface area contributed by atoms with Crippen LogP contribution in [-0.4, -0.2) is 29.0 Å². The predicted molar refractivity (Wildman–Crippen MR) is 79.7 cm³/mol. The molecule has 1 heterocycles. The third-order valence-corrected chi connectivity index (χ3v) is 4.62. The Bertz CT molecular complexity index is 380. The van der Waals surface area contributed by atoms with Crippen LogP contribution in [0, 0.1) is 11.8 Å². The molecule has 2 rings (SSSR count). The van der Waals surface area contributed by atoms with E-state index in [1.807, 2.05) is 12.4 Å². The third-order valence-electron chi connectivity index (χ3n) is 4.62. The maximum absolute atomic E-state index is 6.16. The second-order valence-corrected chi connectivity index (χ2v) is 6.49. The zero-order valence-electron chi connectivity index (χ0n) is 12.5. The first kappa shape index (κ1) is 14.5. The van der Waals surface area contributed by atoms with Gasteiger partial charge in [0.2, 0.25) is 0 Å². The van der Waals surface area contributed by atoms with Gasteiger partial charge in [-0.1, -0.05) is 13.8 Å². The van der Waals surface area contributed by atoms with Crippen molar-refractivity contribution in [3.05, 3.63) is 30.1 Å². The van der Waals surface area contributed by atoms with E-state index in [0.29, 0.717) is 0 Å². The summed E-state index contributed by atoms with van der Waals surface area (Å²) in [6.45, 7) is 6.43. The highest BCUT2D eigenvalue weighted by Gasteiger charge is 2.39. The van der Waals surface area contributed by atoms with Crippen LogP contribution in [0.2, 0.25) is 0 Å². The fraction of sp³-hybridized carbons (Fsp3) is 0.688. The highest BCUT2D eigenvalue weighted by molar-refractivity contribution is 5.11. The largest absolute Gasteiger partial charge is 0.329 e. The maximum atomic E-state index is 6.16. The highest BCUT2D eigenvalue weighted by Crippen LogP contribution is 2.39. The molecule has 0 bridgehead atoms. The molecule has 0 amide bonds. The molecule has 0 radical (unpaired) electrons. The zero-order chi connectivity index (χ0) is 13.9. The molecule has 3 heteroatoms. The van der Waals surface area contributed by atoms with Gasteiger partial charge in [-0.15, -0.1) is 0 Å². The Balaban J connectivity index is 2.11. The molecule has 0 aromatic carbocycles. The molecule has 2 atom stereocenters. The molecular weight excluding hydrogens is 234 g/mol. The van der Waals surface area contributed by atoms with Crippen molar-refractivity contribution in [3.8, 4) is 0 Å². The van der Waals surface area contributed by atoms with Crippen LogP contribution in [0.15, 0.2) is 24.5 Å². The summed E-state index contributed by atoms with van der Waals surface area (Å²) < 4.78 is 0. The van der Waals surface area contributed by atoms with Crippen LogP contribution in [0.5, 0.6) is 0 Å². The van der Waals surface area contributed by atoms with Crippen molar-refractivity contribution in [2.75, 3.05) is 13.6 Å². The van der Waals surface area contributed by atoms with E-state index in [1.54, 1.807) is 0 Å². The first-order chi connectivity index (χ1) is 9.05. The van der Waals surface area contributed by atoms with Crippen molar-refractivity contribution >= 4 is 0 Å². The van der Waals surface area contributed by atoms with Gasteiger partial charge < -0.3 is 5.73 Å². The van der Waals surface area contributed by atoms with Crippen LogP contribution < -0.4 is 5.73 Å². The number of likely N-dealkylation sites (N-methyl/N-ethyl adjacent to an activating group) is 1. The molecule has 19 heavy (non-hydrogen) atoms. The Morgan fingerprint density at radius 2 is 1.84 bits per heavy atom. The molecule has 1 aromatic rings. The first-order valence-corrected chi connectivity index (χ1v) is 7.36. The Labute approximate surface area is 117 Å². The summed E-state index contributed by atoms with van der Waals surface area (Å²) in [7, 11) is 2.22. The normalized spacial score (nSPS) is 31.6. The van der Waals surface area contributed by atoms with Gasteiger partial charge in [-0.25, -0.2) is 0 Å². The van der Waals surface area contributed by atoms with Gasteiger partial charge in [0.05, 0.1) is 0 Å². The monoisotopic (exact) mass is 261 g/mol. The quantitative estimate of drug-likeness (QED) is 0.906. The number of aromatic nitrogens is 1. The van der Waals surface area contributed by atoms with Gasteiger partial charge in [-0.05, 0) is 55.8 Å². The minimum absolute atomic E-state index is 0.167. The van der Waals surface area contributed by atoms with Gasteiger partial charge in [-0.3, -0.25) is 9.88 Å². The molecule has 106 valence electrons. The smallest absolute Gasteiger partial charge is 0.0337 e. The number of nitrogens with two attached hydrogens (primary N) is 1. The minimum atomic E-state index is 0.167. The molecule has 0 aliphatic heterocycles. The standard InChI is InChI=1S/C16H27N3/c1-13-8-14(2)10-16(9-13,12-17)19(3)11-15-4-6-18-7-5-15/h4-7,13-14H,8-12,17H2,1-3H3. The SMILES string of the molecule is CC1CC(C)CC(CN)(N(C)Cc2ccncc2)C1. The van der Waals surface area contributed by atoms with Crippen LogP contribution >= 0.6 is 0 Å². The number of hydrogen-bond acceptors (Lipinski definition) is 3. The van der Waals surface area contributed by atoms with Gasteiger partial charge in [0.1, 0.15) is 0 Å². The van der Waals surface area contributed by atoms with Crippen molar-refractivity contribution in [1.29, 1.82) is 0 Å². The number of rotatable bonds is 4. The van der Waals surface area contributed by atoms with E-state index in [4.69, 9.17) is 5.73 Å². The summed E-state index contributed by atoms with van der Waals surface area (Å²) in [5.41, 5.74) is 7.65. The Kier molecular flexibility index (Phi) is 4.58. The molecule has 0 spiro atoms. The number of pyridine rings is 1. The maximum Gasteiger partial charge on any atom is 0.0337 e. The second kappa shape index (κ2) is 6.02. The van der Waals surface area contributed by atoms with Crippen molar-refractivity contribution in [1.82, 2.24) is 9.88 Å². The summed E-state index contributed by atoms with van der Waals surface area (Å²) in [4.78, 5) is 6.55. The molecule has 3 nitrogen and oxygen atoms in total. The lowest BCUT2D eigenvalue weighted by molar-refractivity contribution is 0.0333. The minimum Gasteiger partial charge on any atom is -0.329 e. The van der Waals surface area contributed by atoms with Crippen LogP contribution in [-0.2, 0) is 6.54 Å². The molecule has 1 aromatic heterocycles. The lowest BCUT2D eigenvalue weighted by Crippen LogP contribution is -2.55. The van der Waals surface area contributed by atoms with Crippen molar-refractivity contribution in [2.24, 2.45) is 17.6 Å². The number of nitrogens with zero attached hydrogens (tertiary/aromatic N) is 2. The Morgan fingerprint density at radius 3 is 2.37 bits per heavy atom. The second-order valence-electron chi connectivity index (χ2n) is 6.49. The van der Waals surface area contributed by atoms with E-state index in [9.17, 15) is 0 Å². The van der Waals surface area contributed by atoms with Crippen molar-refractivity contribution in [3.63, 3.8) is 0 Å². The van der Waals surface area contributed by atoms with E-state index in [-0.39, 0.29) is 5.54 Å². The summed E-state index contributed by atoms with van der Waals surface area (Å²) >= 11 is 0. The highest BCUT2D eigenvalue weighted by atomic mass is 15.2. The fourth-order valence-corrected chi connectivity index (χ4v) is 3.80. The van der Waals surface area contributed by atoms with Crippen molar-refractivity contribution in [2.45, 2.75) is 45.2 Å². The Hall–Kier alpha value is -0.930. The van der Waals surface area contributed by atoms with E-state index < -0.39 is 0 Å². The first-order valence-electron chi connectivity index (χ1n) is 7.36. The average Bonchev–Trinajstić information content (AvgIpc) is 2.38. The van der Waals surface area contributed by atoms with Gasteiger partial charge in [0, 0.05) is 31.0 Å². The molecule has 1 aliphatic carbocycles. The van der Waals surface area contributed by atoms with E-state index >= 15 is 0 Å². The number of hydrogen-bond donors (Lipinski definition) is 1. The fourth-order valence-electron chi connectivity index (χ4n) is 3.80. The van der Waals surface area contributed by atoms with E-state index in [0.717, 1.165) is 24.9 Å². The summed E-state index contributed by atoms with van der Waals surface area (Å²) in [5, 5.41) is 0. The molecular formula is C16H27N3. The van der Waals surface area contributed by atoms with Crippen LogP contribution in [0.4, 0.5) is 0 Å². The predicted octanol–water partition coefficient (Wildman–Crippen LogP) is 2.67. The van der Waals surface area contributed by atoms with E-state index in [1.165, 1.54) is 24.8 Å². The topological polar surface area (TPSA) is 42.1 Å². The molecule has 2 N–H and O–H groups in total. The van der Waals surface area contributed by atoms with Gasteiger partial charge in [0.15, 0.2) is 0 Å². The van der Waals surface area contributed by atoms with Crippen LogP contribution in [0.25, 0.3) is 0 Å². The molecule has 0 saturated heterocycles. The van der Waals surface area contributed by atoms with Gasteiger partial charge >= 0.3 is 0 Å². The zero-order valence-corrected chi connectivity index (χ0v) is 12.5. The molecule has 1 aliphatic rings. The average molecular weight is 261 g/mol. The van der Waals surface area contributed by atoms with Crippen molar-refractivity contribution < 1.29 is 0 Å². The van der Waals surface area contributed by atoms with Gasteiger partial charge in [-0.2, -0.15) is 0 Å². The van der Waals surface area contributed by atoms with Crippen LogP contribution in [0.3, 0.4) is 0 Å². The summed E-state index contributed by atoms with van der Waals surface area (Å²) in [6.07, 6.45) is 7.50. The Morgan fingerprint density at radius 1 is 1.26 bits per heavy atom. The van der Waals surface area contributed by atoms with Gasteiger partial charge in [0.25, 0.3) is 0 Å². The van der Waals surface area contributed by atoms with Crippen LogP contribution in [0.1, 0.15) is 38.7 Å². The molecule has 1 saturated carbocycles. The molecule has 2 unspecified atom stereocenters. The lowest BCUT2D eigenvalue weighted by atomic mass is 9.70. The van der Waals surface area contributed by atoms with E-state index in [2.05, 4.69) is 42.9 Å². The summed E-state index contributed by atoms with van der Waals surface area (Å²) in [6, 6.07) is 4.19. The lowest BCUT2D eigenvalue weighted by Gasteiger charge is -2.48. The third kappa shape index (κ3) is 3.34.